The highest BCUT2D eigenvalue weighted by molar-refractivity contribution is 7.92. The standard InChI is InChI=1S/C33H39F3N8O2S2.C14H16N2O4S.C11H21NO2/c1-4-48(45,46)44-14-12-42(19-22(44)2)11-13-43-26(18-37)15-28-23(3)24(5-6-30(28)43)20-41-9-7-25(8-10-41)40-31-29-16-27(17-33(34,35)36)47-32(29)39-21-38-31;1-10-12-8-11(9-15)16(6-7-20-21(3,17)18)13(12)4-5-14(10)19-2;1-9-7-5-6-8-12(9)10(13)14-11(2,3)4/h4-6,15-16,21-22,25H,1,7-14,17,19-20H2,2-3H3,(H,38,39,40);4-5,8H,6-7H2,1-3H3;9H,5-8H2,1-4H3/t22-;;9-/m1.1/s1. The molecule has 2 atom stereocenters. The third kappa shape index (κ3) is 16.7. The van der Waals surface area contributed by atoms with Crippen molar-refractivity contribution in [2.75, 3.05) is 71.1 Å². The van der Waals surface area contributed by atoms with Gasteiger partial charge >= 0.3 is 12.3 Å². The van der Waals surface area contributed by atoms with E-state index in [2.05, 4.69) is 74.3 Å². The van der Waals surface area contributed by atoms with Crippen LogP contribution >= 0.6 is 11.3 Å². The molecular weight excluding hydrogens is 1130 g/mol. The Hall–Kier alpha value is -6.32. The minimum Gasteiger partial charge on any atom is -0.496 e. The van der Waals surface area contributed by atoms with Gasteiger partial charge in [0.25, 0.3) is 10.1 Å². The van der Waals surface area contributed by atoms with Gasteiger partial charge < -0.3 is 28.8 Å². The van der Waals surface area contributed by atoms with Crippen LogP contribution in [0.15, 0.2) is 60.8 Å². The molecule has 1 amide bonds. The molecule has 3 fully saturated rings. The third-order valence-electron chi connectivity index (χ3n) is 15.2. The molecule has 0 spiro atoms. The molecule has 0 radical (unpaired) electrons. The van der Waals surface area contributed by atoms with Gasteiger partial charge in [0.2, 0.25) is 10.0 Å². The Kier molecular flexibility index (Phi) is 21.0. The van der Waals surface area contributed by atoms with Crippen molar-refractivity contribution < 1.29 is 48.5 Å². The van der Waals surface area contributed by atoms with Crippen molar-refractivity contribution in [2.24, 2.45) is 0 Å². The molecule has 25 heteroatoms. The number of sulfonamides is 1. The summed E-state index contributed by atoms with van der Waals surface area (Å²) in [4.78, 5) is 27.5. The fraction of sp³-hybridized carbons (Fsp3) is 0.534. The van der Waals surface area contributed by atoms with E-state index in [-0.39, 0.29) is 41.8 Å². The van der Waals surface area contributed by atoms with Gasteiger partial charge in [0.1, 0.15) is 51.9 Å². The predicted molar refractivity (Wildman–Crippen MR) is 317 cm³/mol. The number of aryl methyl sites for hydroxylation is 2. The molecule has 2 aromatic carbocycles. The molecule has 7 heterocycles. The number of aromatic nitrogens is 4. The van der Waals surface area contributed by atoms with Crippen molar-refractivity contribution >= 4 is 75.4 Å². The molecule has 3 aliphatic heterocycles. The van der Waals surface area contributed by atoms with Crippen LogP contribution in [-0.4, -0.2) is 157 Å². The number of halogens is 3. The Balaban J connectivity index is 0.000000231. The number of thiophene rings is 1. The predicted octanol–water partition coefficient (Wildman–Crippen LogP) is 10.1. The van der Waals surface area contributed by atoms with Crippen molar-refractivity contribution in [1.29, 1.82) is 10.5 Å². The summed E-state index contributed by atoms with van der Waals surface area (Å²) >= 11 is 1.05. The van der Waals surface area contributed by atoms with Gasteiger partial charge in [-0.25, -0.2) is 23.2 Å². The number of piperazine rings is 1. The van der Waals surface area contributed by atoms with E-state index >= 15 is 0 Å². The van der Waals surface area contributed by atoms with Gasteiger partial charge in [-0.15, -0.1) is 11.3 Å². The number of methoxy groups -OCH3 is 1. The second-order valence-corrected chi connectivity index (χ2v) is 26.9. The van der Waals surface area contributed by atoms with Gasteiger partial charge in [0.05, 0.1) is 31.8 Å². The first kappa shape index (κ1) is 64.2. The lowest BCUT2D eigenvalue weighted by molar-refractivity contribution is -0.126. The summed E-state index contributed by atoms with van der Waals surface area (Å²) in [6.45, 7) is 23.8. The molecule has 6 aromatic rings. The van der Waals surface area contributed by atoms with E-state index in [0.29, 0.717) is 66.2 Å². The molecule has 450 valence electrons. The number of nitriles is 2. The highest BCUT2D eigenvalue weighted by Crippen LogP contribution is 2.35. The summed E-state index contributed by atoms with van der Waals surface area (Å²) in [6.07, 6.45) is 2.16. The van der Waals surface area contributed by atoms with Crippen LogP contribution in [-0.2, 0) is 55.1 Å². The van der Waals surface area contributed by atoms with Crippen LogP contribution in [0.3, 0.4) is 0 Å². The van der Waals surface area contributed by atoms with Gasteiger partial charge in [-0.2, -0.15) is 36.4 Å². The Bertz CT molecular complexity index is 3590. The van der Waals surface area contributed by atoms with Gasteiger partial charge in [-0.3, -0.25) is 14.0 Å². The summed E-state index contributed by atoms with van der Waals surface area (Å²) in [7, 11) is -5.35. The van der Waals surface area contributed by atoms with E-state index < -0.39 is 32.7 Å². The number of carbonyl (C=O) groups is 1. The lowest BCUT2D eigenvalue weighted by Gasteiger charge is -2.38. The van der Waals surface area contributed by atoms with Gasteiger partial charge in [-0.1, -0.05) is 12.6 Å². The minimum absolute atomic E-state index is 0.0115. The van der Waals surface area contributed by atoms with Crippen LogP contribution in [0.4, 0.5) is 23.8 Å². The first-order chi connectivity index (χ1) is 39.1. The molecule has 3 saturated heterocycles. The second kappa shape index (κ2) is 27.2. The van der Waals surface area contributed by atoms with Gasteiger partial charge in [-0.05, 0) is 128 Å². The smallest absolute Gasteiger partial charge is 0.410 e. The Morgan fingerprint density at radius 2 is 1.48 bits per heavy atom. The average molecular weight is 1210 g/mol. The maximum absolute atomic E-state index is 12.9. The summed E-state index contributed by atoms with van der Waals surface area (Å²) < 4.78 is 106. The number of ether oxygens (including phenoxy) is 2. The normalized spacial score (nSPS) is 18.0. The zero-order chi connectivity index (χ0) is 60.6. The zero-order valence-corrected chi connectivity index (χ0v) is 51.2. The quantitative estimate of drug-likeness (QED) is 0.0945. The van der Waals surface area contributed by atoms with Crippen molar-refractivity contribution in [3.05, 3.63) is 93.7 Å². The second-order valence-electron chi connectivity index (χ2n) is 22.4. The van der Waals surface area contributed by atoms with E-state index in [1.54, 1.807) is 23.8 Å². The third-order valence-corrected chi connectivity index (χ3v) is 18.4. The van der Waals surface area contributed by atoms with Crippen molar-refractivity contribution in [3.8, 4) is 17.9 Å². The number of benzene rings is 2. The monoisotopic (exact) mass is 1210 g/mol. The minimum atomic E-state index is -4.27. The molecule has 0 unspecified atom stereocenters. The molecule has 4 aromatic heterocycles. The topological polar surface area (TPSA) is 221 Å². The average Bonchev–Trinajstić information content (AvgIpc) is 2.73. The maximum atomic E-state index is 12.9. The summed E-state index contributed by atoms with van der Waals surface area (Å²) in [5, 5.41) is 26.3. The lowest BCUT2D eigenvalue weighted by atomic mass is 10.0. The van der Waals surface area contributed by atoms with Crippen molar-refractivity contribution in [3.63, 3.8) is 0 Å². The fourth-order valence-corrected chi connectivity index (χ4v) is 13.4. The van der Waals surface area contributed by atoms with Crippen LogP contribution in [0.5, 0.6) is 5.75 Å². The number of amides is 1. The molecule has 3 aliphatic rings. The molecule has 0 bridgehead atoms. The molecule has 9 rings (SSSR count). The number of nitrogens with zero attached hydrogens (tertiary/aromatic N) is 10. The first-order valence-electron chi connectivity index (χ1n) is 27.7. The largest absolute Gasteiger partial charge is 0.496 e. The molecule has 0 saturated carbocycles. The Labute approximate surface area is 489 Å². The zero-order valence-electron chi connectivity index (χ0n) is 48.8. The van der Waals surface area contributed by atoms with Crippen LogP contribution < -0.4 is 10.1 Å². The lowest BCUT2D eigenvalue weighted by Crippen LogP contribution is -2.53. The summed E-state index contributed by atoms with van der Waals surface area (Å²) in [5.41, 5.74) is 5.84. The number of fused-ring (bicyclic) bond motifs is 3. The number of hydrogen-bond acceptors (Lipinski definition) is 16. The highest BCUT2D eigenvalue weighted by Gasteiger charge is 2.32. The summed E-state index contributed by atoms with van der Waals surface area (Å²) in [5.74, 6) is 1.33. The maximum Gasteiger partial charge on any atom is 0.410 e. The van der Waals surface area contributed by atoms with Crippen molar-refractivity contribution in [1.82, 2.24) is 38.1 Å². The SMILES string of the molecule is C=CS(=O)(=O)N1CCN(CCn2c(C#N)cc3c(C)c(CN4CCC(Nc5ncnc6sc(CC(F)(F)F)cc56)CC4)ccc32)C[C@H]1C.COc1ccc2c(cc(C#N)n2CCOS(C)(=O)=O)c1C.C[C@@H]1CCCCN1C(=O)OC(C)(C)C. The van der Waals surface area contributed by atoms with E-state index in [9.17, 15) is 45.3 Å². The molecule has 1 N–H and O–H groups in total. The molecule has 0 aliphatic carbocycles. The highest BCUT2D eigenvalue weighted by atomic mass is 32.2. The number of likely N-dealkylation sites (tertiary alicyclic amines) is 2. The van der Waals surface area contributed by atoms with E-state index in [1.165, 1.54) is 22.6 Å². The number of alkyl halides is 3. The molecule has 19 nitrogen and oxygen atoms in total. The Morgan fingerprint density at radius 1 is 0.831 bits per heavy atom. The number of carbonyl (C=O) groups excluding carboxylic acids is 1. The molecular formula is C58H76F3N11O8S3. The van der Waals surface area contributed by atoms with Crippen LogP contribution in [0.1, 0.15) is 99.7 Å². The van der Waals surface area contributed by atoms with Crippen LogP contribution in [0.25, 0.3) is 32.0 Å². The molecule has 83 heavy (non-hydrogen) atoms. The van der Waals surface area contributed by atoms with Crippen LogP contribution in [0, 0.1) is 36.5 Å². The Morgan fingerprint density at radius 3 is 2.07 bits per heavy atom. The van der Waals surface area contributed by atoms with E-state index in [4.69, 9.17) is 13.7 Å². The van der Waals surface area contributed by atoms with E-state index in [1.807, 2.05) is 57.7 Å². The number of rotatable bonds is 15. The van der Waals surface area contributed by atoms with Gasteiger partial charge in [0, 0.05) is 121 Å². The number of nitrogens with one attached hydrogen (secondary N) is 1. The fourth-order valence-electron chi connectivity index (χ4n) is 10.9. The first-order valence-corrected chi connectivity index (χ1v) is 31.8. The summed E-state index contributed by atoms with van der Waals surface area (Å²) in [6, 6.07) is 18.0. The van der Waals surface area contributed by atoms with Crippen molar-refractivity contribution in [2.45, 2.75) is 137 Å². The van der Waals surface area contributed by atoms with Gasteiger partial charge in [0.15, 0.2) is 0 Å². The number of anilines is 1. The number of piperidine rings is 2. The van der Waals surface area contributed by atoms with E-state index in [0.717, 1.165) is 114 Å². The number of hydrogen-bond donors (Lipinski definition) is 1. The van der Waals surface area contributed by atoms with Crippen LogP contribution in [0.2, 0.25) is 0 Å².